The van der Waals surface area contributed by atoms with Crippen LogP contribution in [-0.4, -0.2) is 10.2 Å². The summed E-state index contributed by atoms with van der Waals surface area (Å²) in [6, 6.07) is 13.0. The molecule has 2 aromatic carbocycles. The molecule has 0 unspecified atom stereocenters. The molecule has 0 aromatic heterocycles. The molecule has 0 aliphatic carbocycles. The lowest BCUT2D eigenvalue weighted by atomic mass is 9.94. The summed E-state index contributed by atoms with van der Waals surface area (Å²) in [5, 5.41) is 22.2. The van der Waals surface area contributed by atoms with Gasteiger partial charge in [-0.3, -0.25) is 0 Å². The van der Waals surface area contributed by atoms with E-state index >= 15 is 0 Å². The van der Waals surface area contributed by atoms with Crippen molar-refractivity contribution in [3.05, 3.63) is 58.1 Å². The Morgan fingerprint density at radius 1 is 1.00 bits per heavy atom. The van der Waals surface area contributed by atoms with Gasteiger partial charge in [0.05, 0.1) is 0 Å². The van der Waals surface area contributed by atoms with Crippen LogP contribution in [-0.2, 0) is 12.1 Å². The zero-order valence-electron chi connectivity index (χ0n) is 11.5. The first-order valence-corrected chi connectivity index (χ1v) is 7.20. The SMILES string of the molecule is CC(C)(NCc1ccc(O)c(O)c1)c1ccc(Br)cc1. The zero-order valence-corrected chi connectivity index (χ0v) is 13.1. The number of nitrogens with one attached hydrogen (secondary N) is 1. The topological polar surface area (TPSA) is 52.5 Å². The lowest BCUT2D eigenvalue weighted by Crippen LogP contribution is -2.35. The van der Waals surface area contributed by atoms with Gasteiger partial charge in [0.15, 0.2) is 11.5 Å². The van der Waals surface area contributed by atoms with Crippen molar-refractivity contribution in [1.29, 1.82) is 0 Å². The maximum Gasteiger partial charge on any atom is 0.157 e. The highest BCUT2D eigenvalue weighted by Crippen LogP contribution is 2.26. The summed E-state index contributed by atoms with van der Waals surface area (Å²) in [4.78, 5) is 0. The summed E-state index contributed by atoms with van der Waals surface area (Å²) in [5.74, 6) is -0.188. The van der Waals surface area contributed by atoms with E-state index in [9.17, 15) is 10.2 Å². The second kappa shape index (κ2) is 5.85. The van der Waals surface area contributed by atoms with Gasteiger partial charge in [0.2, 0.25) is 0 Å². The van der Waals surface area contributed by atoms with Gasteiger partial charge >= 0.3 is 0 Å². The maximum absolute atomic E-state index is 9.49. The highest BCUT2D eigenvalue weighted by molar-refractivity contribution is 9.10. The monoisotopic (exact) mass is 335 g/mol. The number of phenols is 2. The molecule has 0 bridgehead atoms. The van der Waals surface area contributed by atoms with Crippen molar-refractivity contribution in [3.63, 3.8) is 0 Å². The average Bonchev–Trinajstić information content (AvgIpc) is 2.41. The number of hydrogen-bond acceptors (Lipinski definition) is 3. The molecule has 0 heterocycles. The quantitative estimate of drug-likeness (QED) is 0.743. The number of phenolic OH excluding ortho intramolecular Hbond substituents is 2. The molecule has 0 aliphatic heterocycles. The predicted molar refractivity (Wildman–Crippen MR) is 83.8 cm³/mol. The van der Waals surface area contributed by atoms with Crippen molar-refractivity contribution < 1.29 is 10.2 Å². The van der Waals surface area contributed by atoms with Crippen molar-refractivity contribution in [3.8, 4) is 11.5 Å². The van der Waals surface area contributed by atoms with Crippen LogP contribution < -0.4 is 5.32 Å². The zero-order chi connectivity index (χ0) is 14.8. The molecule has 3 nitrogen and oxygen atoms in total. The second-order valence-corrected chi connectivity index (χ2v) is 6.22. The molecule has 106 valence electrons. The van der Waals surface area contributed by atoms with Crippen LogP contribution in [0.2, 0.25) is 0 Å². The Kier molecular flexibility index (Phi) is 4.35. The predicted octanol–water partition coefficient (Wildman–Crippen LogP) is 3.89. The molecule has 20 heavy (non-hydrogen) atoms. The van der Waals surface area contributed by atoms with Crippen molar-refractivity contribution in [2.75, 3.05) is 0 Å². The summed E-state index contributed by atoms with van der Waals surface area (Å²) in [6.07, 6.45) is 0. The van der Waals surface area contributed by atoms with Crippen LogP contribution in [0.4, 0.5) is 0 Å². The van der Waals surface area contributed by atoms with Gasteiger partial charge in [-0.05, 0) is 49.2 Å². The molecular formula is C16H18BrNO2. The van der Waals surface area contributed by atoms with Crippen molar-refractivity contribution in [1.82, 2.24) is 5.32 Å². The highest BCUT2D eigenvalue weighted by Gasteiger charge is 2.19. The molecule has 2 rings (SSSR count). The molecule has 0 spiro atoms. The van der Waals surface area contributed by atoms with Gasteiger partial charge in [-0.2, -0.15) is 0 Å². The van der Waals surface area contributed by atoms with Crippen LogP contribution in [0.1, 0.15) is 25.0 Å². The van der Waals surface area contributed by atoms with Crippen LogP contribution in [0.15, 0.2) is 46.9 Å². The van der Waals surface area contributed by atoms with Gasteiger partial charge in [0, 0.05) is 16.6 Å². The molecular weight excluding hydrogens is 318 g/mol. The van der Waals surface area contributed by atoms with Crippen LogP contribution >= 0.6 is 15.9 Å². The third-order valence-electron chi connectivity index (χ3n) is 3.34. The van der Waals surface area contributed by atoms with E-state index in [1.165, 1.54) is 11.6 Å². The minimum absolute atomic E-state index is 0.0919. The van der Waals surface area contributed by atoms with E-state index in [1.807, 2.05) is 12.1 Å². The molecule has 0 atom stereocenters. The van der Waals surface area contributed by atoms with E-state index in [0.29, 0.717) is 6.54 Å². The maximum atomic E-state index is 9.49. The van der Waals surface area contributed by atoms with Gasteiger partial charge in [0.25, 0.3) is 0 Å². The summed E-state index contributed by atoms with van der Waals surface area (Å²) >= 11 is 3.43. The average molecular weight is 336 g/mol. The molecule has 0 saturated heterocycles. The largest absolute Gasteiger partial charge is 0.504 e. The number of benzene rings is 2. The third-order valence-corrected chi connectivity index (χ3v) is 3.87. The van der Waals surface area contributed by atoms with E-state index in [0.717, 1.165) is 10.0 Å². The van der Waals surface area contributed by atoms with Crippen LogP contribution in [0.3, 0.4) is 0 Å². The summed E-state index contributed by atoms with van der Waals surface area (Å²) in [6.45, 7) is 4.82. The first-order valence-electron chi connectivity index (χ1n) is 6.40. The minimum atomic E-state index is -0.186. The Morgan fingerprint density at radius 3 is 2.25 bits per heavy atom. The van der Waals surface area contributed by atoms with Crippen molar-refractivity contribution in [2.24, 2.45) is 0 Å². The van der Waals surface area contributed by atoms with Crippen LogP contribution in [0, 0.1) is 0 Å². The Bertz CT molecular complexity index is 594. The summed E-state index contributed by atoms with van der Waals surface area (Å²) < 4.78 is 1.06. The Balaban J connectivity index is 2.08. The van der Waals surface area contributed by atoms with E-state index in [-0.39, 0.29) is 17.0 Å². The van der Waals surface area contributed by atoms with Crippen molar-refractivity contribution in [2.45, 2.75) is 25.9 Å². The third kappa shape index (κ3) is 3.52. The molecule has 4 heteroatoms. The molecule has 0 aliphatic rings. The van der Waals surface area contributed by atoms with Crippen molar-refractivity contribution >= 4 is 15.9 Å². The lowest BCUT2D eigenvalue weighted by molar-refractivity contribution is 0.393. The summed E-state index contributed by atoms with van der Waals surface area (Å²) in [5.41, 5.74) is 1.92. The Labute approximate surface area is 127 Å². The number of aromatic hydroxyl groups is 2. The van der Waals surface area contributed by atoms with Crippen LogP contribution in [0.5, 0.6) is 11.5 Å². The Hall–Kier alpha value is -1.52. The van der Waals surface area contributed by atoms with Gasteiger partial charge in [-0.15, -0.1) is 0 Å². The fraction of sp³-hybridized carbons (Fsp3) is 0.250. The summed E-state index contributed by atoms with van der Waals surface area (Å²) in [7, 11) is 0. The van der Waals surface area contributed by atoms with Crippen LogP contribution in [0.25, 0.3) is 0 Å². The fourth-order valence-corrected chi connectivity index (χ4v) is 2.23. The molecule has 0 radical (unpaired) electrons. The van der Waals surface area contributed by atoms with E-state index in [2.05, 4.69) is 47.2 Å². The fourth-order valence-electron chi connectivity index (χ4n) is 1.97. The molecule has 2 aromatic rings. The van der Waals surface area contributed by atoms with E-state index < -0.39 is 0 Å². The minimum Gasteiger partial charge on any atom is -0.504 e. The number of rotatable bonds is 4. The molecule has 3 N–H and O–H groups in total. The first-order chi connectivity index (χ1) is 9.38. The number of hydrogen-bond donors (Lipinski definition) is 3. The normalized spacial score (nSPS) is 11.6. The standard InChI is InChI=1S/C16H18BrNO2/c1-16(2,12-4-6-13(17)7-5-12)18-10-11-3-8-14(19)15(20)9-11/h3-9,18-20H,10H2,1-2H3. The molecule has 0 fully saturated rings. The highest BCUT2D eigenvalue weighted by atomic mass is 79.9. The Morgan fingerprint density at radius 2 is 1.65 bits per heavy atom. The smallest absolute Gasteiger partial charge is 0.157 e. The van der Waals surface area contributed by atoms with Gasteiger partial charge < -0.3 is 15.5 Å². The van der Waals surface area contributed by atoms with Gasteiger partial charge in [-0.25, -0.2) is 0 Å². The van der Waals surface area contributed by atoms with Gasteiger partial charge in [-0.1, -0.05) is 34.1 Å². The van der Waals surface area contributed by atoms with E-state index in [1.54, 1.807) is 12.1 Å². The molecule has 0 saturated carbocycles. The van der Waals surface area contributed by atoms with E-state index in [4.69, 9.17) is 0 Å². The first kappa shape index (κ1) is 14.9. The second-order valence-electron chi connectivity index (χ2n) is 5.31. The lowest BCUT2D eigenvalue weighted by Gasteiger charge is -2.27. The number of halogens is 1. The molecule has 0 amide bonds. The van der Waals surface area contributed by atoms with Gasteiger partial charge in [0.1, 0.15) is 0 Å².